The molecule has 4 aromatic rings. The molecule has 0 aromatic heterocycles. The lowest BCUT2D eigenvalue weighted by Gasteiger charge is -2.48. The van der Waals surface area contributed by atoms with Crippen LogP contribution in [0.1, 0.15) is 74.1 Å². The van der Waals surface area contributed by atoms with E-state index in [1.165, 1.54) is 44.1 Å². The molecule has 48 heavy (non-hydrogen) atoms. The lowest BCUT2D eigenvalue weighted by molar-refractivity contribution is -0.210. The van der Waals surface area contributed by atoms with Crippen LogP contribution in [-0.2, 0) is 45.4 Å². The molecule has 1 fully saturated rings. The van der Waals surface area contributed by atoms with E-state index >= 15 is 0 Å². The topological polar surface area (TPSA) is 40.2 Å². The van der Waals surface area contributed by atoms with Gasteiger partial charge in [-0.15, -0.1) is 0 Å². The largest absolute Gasteiger partial charge is 0.375 e. The van der Waals surface area contributed by atoms with Crippen LogP contribution >= 0.6 is 0 Å². The predicted molar refractivity (Wildman–Crippen MR) is 195 cm³/mol. The molecule has 5 nitrogen and oxygen atoms in total. The SMILES string of the molecule is CCCCCCCCCN1C[C@H](OCc2ccccc2)[C@@H](OCc2ccccc2)[C@H](OCc2ccccc2)[C@@H]1COCc1ccccc1. The highest BCUT2D eigenvalue weighted by Gasteiger charge is 2.46. The van der Waals surface area contributed by atoms with E-state index in [4.69, 9.17) is 18.9 Å². The second kappa shape index (κ2) is 20.9. The van der Waals surface area contributed by atoms with Gasteiger partial charge in [-0.05, 0) is 35.2 Å². The summed E-state index contributed by atoms with van der Waals surface area (Å²) < 4.78 is 27.1. The zero-order valence-corrected chi connectivity index (χ0v) is 28.8. The maximum atomic E-state index is 6.94. The van der Waals surface area contributed by atoms with Gasteiger partial charge in [0.05, 0.1) is 45.2 Å². The maximum Gasteiger partial charge on any atom is 0.113 e. The lowest BCUT2D eigenvalue weighted by atomic mass is 9.92. The molecular weight excluding hydrogens is 594 g/mol. The van der Waals surface area contributed by atoms with Gasteiger partial charge in [0.1, 0.15) is 12.2 Å². The number of piperidine rings is 1. The minimum atomic E-state index is -0.270. The number of unbranched alkanes of at least 4 members (excludes halogenated alkanes) is 6. The van der Waals surface area contributed by atoms with E-state index in [0.717, 1.165) is 36.2 Å². The first-order valence-electron chi connectivity index (χ1n) is 18.1. The van der Waals surface area contributed by atoms with Gasteiger partial charge in [0.25, 0.3) is 0 Å². The van der Waals surface area contributed by atoms with Crippen LogP contribution in [-0.4, -0.2) is 49.0 Å². The van der Waals surface area contributed by atoms with Gasteiger partial charge in [-0.1, -0.05) is 167 Å². The van der Waals surface area contributed by atoms with E-state index in [9.17, 15) is 0 Å². The number of benzene rings is 4. The molecule has 4 atom stereocenters. The van der Waals surface area contributed by atoms with Crippen molar-refractivity contribution in [2.24, 2.45) is 0 Å². The van der Waals surface area contributed by atoms with Crippen LogP contribution in [0, 0.1) is 0 Å². The summed E-state index contributed by atoms with van der Waals surface area (Å²) in [5.41, 5.74) is 4.63. The average molecular weight is 650 g/mol. The molecule has 1 aliphatic rings. The molecule has 0 bridgehead atoms. The summed E-state index contributed by atoms with van der Waals surface area (Å²) in [6.45, 7) is 6.68. The van der Waals surface area contributed by atoms with Gasteiger partial charge >= 0.3 is 0 Å². The van der Waals surface area contributed by atoms with Crippen molar-refractivity contribution in [1.82, 2.24) is 4.90 Å². The Morgan fingerprint density at radius 2 is 0.938 bits per heavy atom. The van der Waals surface area contributed by atoms with Gasteiger partial charge in [0.2, 0.25) is 0 Å². The fraction of sp³-hybridized carbons (Fsp3) is 0.442. The number of likely N-dealkylation sites (tertiary alicyclic amines) is 1. The first-order valence-corrected chi connectivity index (χ1v) is 18.1. The monoisotopic (exact) mass is 649 g/mol. The number of ether oxygens (including phenoxy) is 4. The van der Waals surface area contributed by atoms with Gasteiger partial charge < -0.3 is 18.9 Å². The minimum Gasteiger partial charge on any atom is -0.375 e. The molecule has 4 aromatic carbocycles. The molecule has 0 amide bonds. The molecule has 0 spiro atoms. The Bertz CT molecular complexity index is 1370. The molecule has 5 heteroatoms. The molecule has 5 rings (SSSR count). The summed E-state index contributed by atoms with van der Waals surface area (Å²) in [5, 5.41) is 0. The smallest absolute Gasteiger partial charge is 0.113 e. The van der Waals surface area contributed by atoms with Crippen LogP contribution in [0.4, 0.5) is 0 Å². The van der Waals surface area contributed by atoms with Crippen LogP contribution < -0.4 is 0 Å². The van der Waals surface area contributed by atoms with E-state index in [0.29, 0.717) is 33.0 Å². The molecule has 0 aliphatic carbocycles. The first-order chi connectivity index (χ1) is 23.8. The van der Waals surface area contributed by atoms with Gasteiger partial charge in [-0.3, -0.25) is 4.90 Å². The Morgan fingerprint density at radius 1 is 0.500 bits per heavy atom. The normalized spacial score (nSPS) is 19.8. The summed E-state index contributed by atoms with van der Waals surface area (Å²) in [6, 6.07) is 41.8. The van der Waals surface area contributed by atoms with Gasteiger partial charge in [0, 0.05) is 6.54 Å². The first kappa shape index (κ1) is 36.0. The molecule has 256 valence electrons. The van der Waals surface area contributed by atoms with Gasteiger partial charge in [-0.2, -0.15) is 0 Å². The number of nitrogens with zero attached hydrogens (tertiary/aromatic N) is 1. The summed E-state index contributed by atoms with van der Waals surface area (Å²) in [6.07, 6.45) is 8.25. The van der Waals surface area contributed by atoms with E-state index < -0.39 is 0 Å². The highest BCUT2D eigenvalue weighted by Crippen LogP contribution is 2.30. The highest BCUT2D eigenvalue weighted by atomic mass is 16.6. The summed E-state index contributed by atoms with van der Waals surface area (Å²) in [5.74, 6) is 0. The van der Waals surface area contributed by atoms with Crippen LogP contribution in [0.2, 0.25) is 0 Å². The van der Waals surface area contributed by atoms with Crippen molar-refractivity contribution in [1.29, 1.82) is 0 Å². The second-order valence-corrected chi connectivity index (χ2v) is 13.0. The number of hydrogen-bond donors (Lipinski definition) is 0. The predicted octanol–water partition coefficient (Wildman–Crippen LogP) is 9.39. The second-order valence-electron chi connectivity index (χ2n) is 13.0. The molecule has 0 N–H and O–H groups in total. The summed E-state index contributed by atoms with van der Waals surface area (Å²) in [4.78, 5) is 2.57. The fourth-order valence-electron chi connectivity index (χ4n) is 6.58. The Morgan fingerprint density at radius 3 is 1.46 bits per heavy atom. The summed E-state index contributed by atoms with van der Waals surface area (Å²) >= 11 is 0. The van der Waals surface area contributed by atoms with Crippen LogP contribution in [0.15, 0.2) is 121 Å². The molecule has 0 saturated carbocycles. The zero-order chi connectivity index (χ0) is 33.1. The van der Waals surface area contributed by atoms with Crippen LogP contribution in [0.3, 0.4) is 0 Å². The molecule has 0 radical (unpaired) electrons. The van der Waals surface area contributed by atoms with Crippen molar-refractivity contribution in [2.45, 2.75) is 103 Å². The fourth-order valence-corrected chi connectivity index (χ4v) is 6.58. The van der Waals surface area contributed by atoms with Crippen molar-refractivity contribution in [3.8, 4) is 0 Å². The minimum absolute atomic E-state index is 0.0230. The standard InChI is InChI=1S/C43H55NO4/c1-2-3-4-5-6-7-20-29-44-30-41(46-32-37-23-14-9-15-24-37)43(48-34-39-27-18-11-19-28-39)42(47-33-38-25-16-10-17-26-38)40(44)35-45-31-36-21-12-8-13-22-36/h8-19,21-28,40-43H,2-7,20,29-35H2,1H3/t40-,41-,42+,43+/m0/s1. The van der Waals surface area contributed by atoms with Gasteiger partial charge in [-0.25, -0.2) is 0 Å². The molecule has 1 aliphatic heterocycles. The number of hydrogen-bond acceptors (Lipinski definition) is 5. The van der Waals surface area contributed by atoms with Gasteiger partial charge in [0.15, 0.2) is 0 Å². The highest BCUT2D eigenvalue weighted by molar-refractivity contribution is 5.16. The van der Waals surface area contributed by atoms with Crippen molar-refractivity contribution < 1.29 is 18.9 Å². The quantitative estimate of drug-likeness (QED) is 0.0842. The van der Waals surface area contributed by atoms with Crippen LogP contribution in [0.5, 0.6) is 0 Å². The molecular formula is C43H55NO4. The van der Waals surface area contributed by atoms with E-state index in [2.05, 4.69) is 109 Å². The average Bonchev–Trinajstić information content (AvgIpc) is 3.14. The van der Waals surface area contributed by atoms with Crippen LogP contribution in [0.25, 0.3) is 0 Å². The third kappa shape index (κ3) is 12.0. The maximum absolute atomic E-state index is 6.94. The molecule has 1 heterocycles. The lowest BCUT2D eigenvalue weighted by Crippen LogP contribution is -2.64. The van der Waals surface area contributed by atoms with Crippen molar-refractivity contribution in [3.05, 3.63) is 144 Å². The zero-order valence-electron chi connectivity index (χ0n) is 28.8. The molecule has 0 unspecified atom stereocenters. The Labute approximate surface area is 289 Å². The van der Waals surface area contributed by atoms with Crippen molar-refractivity contribution >= 4 is 0 Å². The molecule has 1 saturated heterocycles. The third-order valence-corrected chi connectivity index (χ3v) is 9.28. The Kier molecular flexibility index (Phi) is 15.7. The van der Waals surface area contributed by atoms with Crippen molar-refractivity contribution in [2.75, 3.05) is 19.7 Å². The number of rotatable bonds is 21. The summed E-state index contributed by atoms with van der Waals surface area (Å²) in [7, 11) is 0. The third-order valence-electron chi connectivity index (χ3n) is 9.28. The van der Waals surface area contributed by atoms with E-state index in [-0.39, 0.29) is 24.4 Å². The Balaban J connectivity index is 1.38. The van der Waals surface area contributed by atoms with E-state index in [1.807, 2.05) is 24.3 Å². The van der Waals surface area contributed by atoms with E-state index in [1.54, 1.807) is 0 Å². The Hall–Kier alpha value is -3.32. The van der Waals surface area contributed by atoms with Crippen molar-refractivity contribution in [3.63, 3.8) is 0 Å².